The van der Waals surface area contributed by atoms with Crippen LogP contribution in [0.1, 0.15) is 103 Å². The Bertz CT molecular complexity index is 5040. The van der Waals surface area contributed by atoms with Crippen molar-refractivity contribution in [2.24, 2.45) is 0 Å². The summed E-state index contributed by atoms with van der Waals surface area (Å²) < 4.78 is 137. The fraction of sp³-hybridized carbons (Fsp3) is 0.583. The Morgan fingerprint density at radius 3 is 0.640 bits per heavy atom. The van der Waals surface area contributed by atoms with E-state index in [9.17, 15) is 74.5 Å². The molecule has 32 nitrogen and oxygen atoms in total. The number of benzene rings is 4. The lowest BCUT2D eigenvalue weighted by Gasteiger charge is -2.46. The highest BCUT2D eigenvalue weighted by atomic mass is 32.3. The fourth-order valence-corrected chi connectivity index (χ4v) is 32.2. The molecule has 12 aliphatic heterocycles. The SMILES string of the molecule is CC(C)(O)c1ccc(N2CCN(S(=O)(=O)c3cccs3)C[C@@H]2CN2[C@@H]3COC[C@H]2[C@H](O)C3)cc1.CC(C)(O)c1ccc(N2CCN(S(=O)(=O)c3cccs3)C[C@@H]2CN2[C@@H]3COC[C@H]2[C@H](O)C3)cc1.CC(C)(O)c1ccc(N2CCN(S(=O)(=O)c3cccs3)C[C@@H]2CN2[C@H]3COC[C@@H]2[C@@H](O)C3)cc1.CC(C)(O)c1ccc(N2CCN(S(=O)(=O)c3cccs3)C[C@@H]2CN2[C@H]3COC[C@@H]2[C@@H](O)C3)cc1. The van der Waals surface area contributed by atoms with Crippen molar-refractivity contribution >= 4 is 108 Å². The summed E-state index contributed by atoms with van der Waals surface area (Å²) in [4.78, 5) is 18.4. The normalized spacial score (nSPS) is 29.0. The van der Waals surface area contributed by atoms with E-state index < -0.39 is 86.9 Å². The number of sulfonamides is 4. The van der Waals surface area contributed by atoms with Crippen molar-refractivity contribution in [1.82, 2.24) is 36.8 Å². The molecule has 12 fully saturated rings. The van der Waals surface area contributed by atoms with E-state index in [1.807, 2.05) is 97.1 Å². The van der Waals surface area contributed by atoms with Gasteiger partial charge < -0.3 is 79.4 Å². The molecule has 8 aromatic rings. The number of morpholine rings is 4. The largest absolute Gasteiger partial charge is 0.391 e. The number of rotatable bonds is 24. The second kappa shape index (κ2) is 41.3. The molecule has 0 amide bonds. The summed E-state index contributed by atoms with van der Waals surface area (Å²) in [6, 6.07) is 45.3. The highest BCUT2D eigenvalue weighted by molar-refractivity contribution is 7.92. The van der Waals surface area contributed by atoms with Crippen LogP contribution < -0.4 is 19.6 Å². The van der Waals surface area contributed by atoms with Crippen molar-refractivity contribution in [2.45, 2.75) is 217 Å². The van der Waals surface area contributed by atoms with Gasteiger partial charge in [-0.15, -0.1) is 45.3 Å². The van der Waals surface area contributed by atoms with Crippen LogP contribution in [-0.2, 0) is 81.4 Å². The van der Waals surface area contributed by atoms with Gasteiger partial charge in [0.05, 0.1) is 148 Å². The Hall–Kier alpha value is -6.12. The monoisotopic (exact) mass is 2030 g/mol. The van der Waals surface area contributed by atoms with E-state index in [4.69, 9.17) is 18.9 Å². The number of hydrogen-bond donors (Lipinski definition) is 8. The number of piperazine rings is 4. The smallest absolute Gasteiger partial charge is 0.252 e. The Labute approximate surface area is 816 Å². The minimum Gasteiger partial charge on any atom is -0.391 e. The molecule has 20 rings (SSSR count). The van der Waals surface area contributed by atoms with E-state index in [1.165, 1.54) is 45.3 Å². The number of aliphatic hydroxyl groups is 8. The van der Waals surface area contributed by atoms with Crippen LogP contribution in [0.5, 0.6) is 0 Å². The molecule has 744 valence electrons. The van der Waals surface area contributed by atoms with E-state index in [0.717, 1.165) is 45.0 Å². The minimum absolute atomic E-state index is 0.0533. The molecule has 8 bridgehead atoms. The van der Waals surface area contributed by atoms with Crippen LogP contribution in [-0.4, -0.2) is 366 Å². The summed E-state index contributed by atoms with van der Waals surface area (Å²) in [6.07, 6.45) is 1.10. The maximum absolute atomic E-state index is 13.3. The molecule has 16 atom stereocenters. The molecule has 4 aromatic heterocycles. The summed E-state index contributed by atoms with van der Waals surface area (Å²) in [7, 11) is -14.2. The molecule has 12 aliphatic rings. The van der Waals surface area contributed by atoms with E-state index in [0.29, 0.717) is 200 Å². The van der Waals surface area contributed by atoms with E-state index >= 15 is 0 Å². The molecule has 12 saturated heterocycles. The first-order chi connectivity index (χ1) is 64.6. The maximum atomic E-state index is 13.3. The Balaban J connectivity index is 0.000000126. The third-order valence-electron chi connectivity index (χ3n) is 29.3. The molecule has 0 saturated carbocycles. The summed E-state index contributed by atoms with van der Waals surface area (Å²) >= 11 is 4.98. The van der Waals surface area contributed by atoms with Gasteiger partial charge in [-0.25, -0.2) is 33.7 Å². The zero-order valence-corrected chi connectivity index (χ0v) is 84.8. The van der Waals surface area contributed by atoms with Crippen LogP contribution in [0.3, 0.4) is 0 Å². The third kappa shape index (κ3) is 22.0. The number of fused-ring (bicyclic) bond motifs is 8. The highest BCUT2D eigenvalue weighted by Gasteiger charge is 2.52. The first kappa shape index (κ1) is 101. The first-order valence-electron chi connectivity index (χ1n) is 47.2. The van der Waals surface area contributed by atoms with E-state index in [2.05, 4.69) is 39.2 Å². The average Bonchev–Trinajstić information content (AvgIpc) is 1.57. The van der Waals surface area contributed by atoms with Crippen molar-refractivity contribution in [3.63, 3.8) is 0 Å². The number of thiophene rings is 4. The van der Waals surface area contributed by atoms with Crippen LogP contribution in [0.4, 0.5) is 22.7 Å². The number of nitrogens with zero attached hydrogens (tertiary/aromatic N) is 12. The topological polar surface area (TPSA) is 374 Å². The fourth-order valence-electron chi connectivity index (χ4n) is 21.7. The van der Waals surface area contributed by atoms with Gasteiger partial charge >= 0.3 is 0 Å². The summed E-state index contributed by atoms with van der Waals surface area (Å²) in [5.41, 5.74) is 3.68. The highest BCUT2D eigenvalue weighted by Crippen LogP contribution is 2.42. The van der Waals surface area contributed by atoms with E-state index in [-0.39, 0.29) is 72.5 Å². The van der Waals surface area contributed by atoms with Gasteiger partial charge in [-0.1, -0.05) is 72.8 Å². The second-order valence-electron chi connectivity index (χ2n) is 40.0. The van der Waals surface area contributed by atoms with Gasteiger partial charge in [-0.2, -0.15) is 17.2 Å². The summed E-state index contributed by atoms with van der Waals surface area (Å²) in [5.74, 6) is 0. The third-order valence-corrected chi connectivity index (χ3v) is 42.2. The maximum Gasteiger partial charge on any atom is 0.252 e. The number of aliphatic hydroxyl groups excluding tert-OH is 4. The van der Waals surface area contributed by atoms with Crippen molar-refractivity contribution in [2.75, 3.05) is 177 Å². The van der Waals surface area contributed by atoms with Gasteiger partial charge in [0.15, 0.2) is 0 Å². The van der Waals surface area contributed by atoms with Crippen LogP contribution in [0.15, 0.2) is 184 Å². The molecular formula is C96H132N12O20S8. The predicted octanol–water partition coefficient (Wildman–Crippen LogP) is 6.76. The molecule has 0 aliphatic carbocycles. The molecule has 4 aromatic carbocycles. The van der Waals surface area contributed by atoms with Gasteiger partial charge in [-0.05, 0) is 198 Å². The summed E-state index contributed by atoms with van der Waals surface area (Å²) in [6.45, 7) is 26.5. The van der Waals surface area contributed by atoms with Crippen molar-refractivity contribution in [1.29, 1.82) is 0 Å². The molecule has 0 spiro atoms. The lowest BCUT2D eigenvalue weighted by atomic mass is 9.98. The Morgan fingerprint density at radius 2 is 0.478 bits per heavy atom. The minimum atomic E-state index is -3.55. The van der Waals surface area contributed by atoms with Gasteiger partial charge in [0.25, 0.3) is 40.1 Å². The molecule has 8 N–H and O–H groups in total. The lowest BCUT2D eigenvalue weighted by molar-refractivity contribution is -0.0345. The summed E-state index contributed by atoms with van der Waals surface area (Å²) in [5, 5.41) is 90.6. The van der Waals surface area contributed by atoms with Crippen molar-refractivity contribution < 1.29 is 93.5 Å². The van der Waals surface area contributed by atoms with Gasteiger partial charge in [0.1, 0.15) is 16.8 Å². The van der Waals surface area contributed by atoms with Gasteiger partial charge in [0.2, 0.25) is 0 Å². The molecular weight excluding hydrogens is 1900 g/mol. The molecule has 0 radical (unpaired) electrons. The van der Waals surface area contributed by atoms with Crippen LogP contribution >= 0.6 is 45.3 Å². The molecule has 0 unspecified atom stereocenters. The zero-order chi connectivity index (χ0) is 96.3. The standard InChI is InChI=1S/4C24H33N3O5S2/c4*1-24(2,29)17-5-7-18(8-6-17)26-10-9-25(34(30,31)23-4-3-11-33-23)13-20(26)14-27-19-12-22(28)21(27)16-32-15-19/h4*3-8,11,19-22,28-29H,9-10,12-16H2,1-2H3/t2*19-,20+,21-,22+;2*19-,20-,21-,22+/m0011/s1. The van der Waals surface area contributed by atoms with Gasteiger partial charge in [0, 0.05) is 152 Å². The number of anilines is 4. The quantitative estimate of drug-likeness (QED) is 0.0310. The van der Waals surface area contributed by atoms with Crippen molar-refractivity contribution in [3.05, 3.63) is 189 Å². The van der Waals surface area contributed by atoms with Crippen LogP contribution in [0.2, 0.25) is 0 Å². The van der Waals surface area contributed by atoms with E-state index in [1.54, 1.807) is 143 Å². The van der Waals surface area contributed by atoms with Crippen LogP contribution in [0, 0.1) is 0 Å². The molecule has 136 heavy (non-hydrogen) atoms. The number of ether oxygens (including phenoxy) is 4. The van der Waals surface area contributed by atoms with Gasteiger partial charge in [-0.3, -0.25) is 19.6 Å². The number of hydrogen-bond acceptors (Lipinski definition) is 32. The molecule has 40 heteroatoms. The second-order valence-corrected chi connectivity index (χ2v) is 52.5. The average molecular weight is 2030 g/mol. The predicted molar refractivity (Wildman–Crippen MR) is 526 cm³/mol. The lowest BCUT2D eigenvalue weighted by Crippen LogP contribution is -2.61. The first-order valence-corrected chi connectivity index (χ1v) is 56.4. The molecule has 16 heterocycles. The zero-order valence-electron chi connectivity index (χ0n) is 78.3. The van der Waals surface area contributed by atoms with Crippen LogP contribution in [0.25, 0.3) is 0 Å². The Morgan fingerprint density at radius 1 is 0.287 bits per heavy atom. The van der Waals surface area contributed by atoms with Crippen molar-refractivity contribution in [3.8, 4) is 0 Å². The Kier molecular flexibility index (Phi) is 30.8.